The molecule has 0 amide bonds. The van der Waals surface area contributed by atoms with Crippen LogP contribution in [0.5, 0.6) is 0 Å². The summed E-state index contributed by atoms with van der Waals surface area (Å²) in [7, 11) is 0. The van der Waals surface area contributed by atoms with E-state index in [2.05, 4.69) is 13.2 Å². The average Bonchev–Trinajstić information content (AvgIpc) is 2.83. The summed E-state index contributed by atoms with van der Waals surface area (Å²) < 4.78 is 0. The monoisotopic (exact) mass is 514 g/mol. The molecule has 6 nitrogen and oxygen atoms in total. The second-order valence-electron chi connectivity index (χ2n) is 9.69. The van der Waals surface area contributed by atoms with Gasteiger partial charge in [-0.15, -0.1) is 0 Å². The lowest BCUT2D eigenvalue weighted by Gasteiger charge is -2.04. The lowest BCUT2D eigenvalue weighted by Crippen LogP contribution is -1.92. The molecule has 0 radical (unpaired) electrons. The van der Waals surface area contributed by atoms with Crippen LogP contribution in [0.1, 0.15) is 142 Å². The van der Waals surface area contributed by atoms with Gasteiger partial charge in [-0.1, -0.05) is 129 Å². The van der Waals surface area contributed by atoms with E-state index in [1.807, 2.05) is 0 Å². The van der Waals surface area contributed by atoms with Gasteiger partial charge in [0.15, 0.2) is 0 Å². The average molecular weight is 515 g/mol. The topological polar surface area (TPSA) is 115 Å². The van der Waals surface area contributed by atoms with Crippen LogP contribution >= 0.6 is 0 Å². The molecule has 4 N–H and O–H groups in total. The van der Waals surface area contributed by atoms with Gasteiger partial charge in [0, 0.05) is 24.4 Å². The van der Waals surface area contributed by atoms with Gasteiger partial charge in [-0.25, -0.2) is 9.59 Å². The maximum absolute atomic E-state index is 9.60. The predicted octanol–water partition coefficient (Wildman–Crippen LogP) is 8.07. The molecule has 36 heavy (non-hydrogen) atoms. The second kappa shape index (κ2) is 33.3. The first-order valence-corrected chi connectivity index (χ1v) is 14.2. The van der Waals surface area contributed by atoms with Gasteiger partial charge in [0.05, 0.1) is 0 Å². The molecule has 0 rings (SSSR count). The van der Waals surface area contributed by atoms with Crippen molar-refractivity contribution in [1.29, 1.82) is 0 Å². The first-order valence-electron chi connectivity index (χ1n) is 14.2. The molecule has 0 spiro atoms. The van der Waals surface area contributed by atoms with Crippen LogP contribution in [0.15, 0.2) is 24.3 Å². The second-order valence-corrected chi connectivity index (χ2v) is 9.69. The minimum Gasteiger partial charge on any atom is -0.478 e. The third kappa shape index (κ3) is 42.5. The van der Waals surface area contributed by atoms with Crippen molar-refractivity contribution in [3.63, 3.8) is 0 Å². The largest absolute Gasteiger partial charge is 0.478 e. The summed E-state index contributed by atoms with van der Waals surface area (Å²) in [5.41, 5.74) is 0.352. The van der Waals surface area contributed by atoms with Gasteiger partial charge in [0.25, 0.3) is 0 Å². The highest BCUT2D eigenvalue weighted by Crippen LogP contribution is 2.14. The molecule has 0 aromatic rings. The van der Waals surface area contributed by atoms with E-state index >= 15 is 0 Å². The lowest BCUT2D eigenvalue weighted by molar-refractivity contribution is -0.133. The number of aliphatic hydroxyl groups excluding tert-OH is 2. The van der Waals surface area contributed by atoms with Gasteiger partial charge in [-0.05, 0) is 26.7 Å². The van der Waals surface area contributed by atoms with E-state index < -0.39 is 11.9 Å². The number of carboxylic acid groups (broad SMARTS) is 2. The number of carboxylic acids is 2. The van der Waals surface area contributed by atoms with Gasteiger partial charge < -0.3 is 20.4 Å². The Labute approximate surface area is 221 Å². The van der Waals surface area contributed by atoms with Crippen LogP contribution in [0.25, 0.3) is 0 Å². The lowest BCUT2D eigenvalue weighted by atomic mass is 10.0. The Kier molecular flexibility index (Phi) is 36.0. The van der Waals surface area contributed by atoms with E-state index in [0.717, 1.165) is 12.8 Å². The Hall–Kier alpha value is -1.66. The van der Waals surface area contributed by atoms with Crippen LogP contribution in [-0.2, 0) is 9.59 Å². The molecule has 0 atom stereocenters. The highest BCUT2D eigenvalue weighted by Gasteiger charge is 1.95. The van der Waals surface area contributed by atoms with Crippen LogP contribution in [0.3, 0.4) is 0 Å². The van der Waals surface area contributed by atoms with Crippen LogP contribution in [0, 0.1) is 0 Å². The van der Waals surface area contributed by atoms with E-state index in [9.17, 15) is 9.59 Å². The number of aliphatic hydroxyl groups is 2. The molecule has 0 aliphatic rings. The number of hydrogen-bond donors (Lipinski definition) is 4. The molecule has 214 valence electrons. The highest BCUT2D eigenvalue weighted by molar-refractivity contribution is 5.85. The highest BCUT2D eigenvalue weighted by atomic mass is 16.4. The first-order chi connectivity index (χ1) is 17.2. The van der Waals surface area contributed by atoms with E-state index in [0.29, 0.717) is 13.2 Å². The number of aliphatic carboxylic acids is 2. The summed E-state index contributed by atoms with van der Waals surface area (Å²) in [4.78, 5) is 19.2. The van der Waals surface area contributed by atoms with E-state index in [-0.39, 0.29) is 11.1 Å². The van der Waals surface area contributed by atoms with Crippen LogP contribution < -0.4 is 0 Å². The zero-order chi connectivity index (χ0) is 27.9. The minimum atomic E-state index is -0.935. The molecule has 0 saturated carbocycles. The smallest absolute Gasteiger partial charge is 0.330 e. The van der Waals surface area contributed by atoms with Gasteiger partial charge in [-0.3, -0.25) is 0 Å². The fourth-order valence-electron chi connectivity index (χ4n) is 3.41. The molecular formula is C30H58O6. The standard InChI is InChI=1S/C22H46O2.2C4H6O2/c23-21-19-17-15-13-11-9-7-5-3-1-2-4-6-8-10-12-14-16-18-20-22-24;2*1-3(2)4(5)6/h23-24H,1-22H2;2*1H2,2H3,(H,5,6). The SMILES string of the molecule is C=C(C)C(=O)O.C=C(C)C(=O)O.OCCCCCCCCCCCCCCCCCCCCCCO. The summed E-state index contributed by atoms with van der Waals surface area (Å²) in [6.45, 7) is 9.94. The molecule has 0 saturated heterocycles. The van der Waals surface area contributed by atoms with Gasteiger partial charge in [0.1, 0.15) is 0 Å². The van der Waals surface area contributed by atoms with Gasteiger partial charge in [0.2, 0.25) is 0 Å². The van der Waals surface area contributed by atoms with E-state index in [4.69, 9.17) is 20.4 Å². The van der Waals surface area contributed by atoms with Crippen LogP contribution in [0.2, 0.25) is 0 Å². The number of unbranched alkanes of at least 4 members (excludes halogenated alkanes) is 19. The molecule has 0 fully saturated rings. The third-order valence-electron chi connectivity index (χ3n) is 5.80. The first kappa shape index (κ1) is 38.9. The van der Waals surface area contributed by atoms with Crippen molar-refractivity contribution < 1.29 is 30.0 Å². The van der Waals surface area contributed by atoms with Crippen LogP contribution in [-0.4, -0.2) is 45.6 Å². The van der Waals surface area contributed by atoms with Gasteiger partial charge in [-0.2, -0.15) is 0 Å². The maximum atomic E-state index is 9.60. The molecular weight excluding hydrogens is 456 g/mol. The maximum Gasteiger partial charge on any atom is 0.330 e. The summed E-state index contributed by atoms with van der Waals surface area (Å²) in [5, 5.41) is 33.2. The molecule has 0 aromatic carbocycles. The van der Waals surface area contributed by atoms with Crippen molar-refractivity contribution in [2.75, 3.05) is 13.2 Å². The van der Waals surface area contributed by atoms with Crippen molar-refractivity contribution in [1.82, 2.24) is 0 Å². The van der Waals surface area contributed by atoms with Crippen molar-refractivity contribution in [3.05, 3.63) is 24.3 Å². The molecule has 0 aliphatic heterocycles. The molecule has 0 heterocycles. The summed E-state index contributed by atoms with van der Waals surface area (Å²) >= 11 is 0. The van der Waals surface area contributed by atoms with Crippen LogP contribution in [0.4, 0.5) is 0 Å². The van der Waals surface area contributed by atoms with E-state index in [1.165, 1.54) is 129 Å². The molecule has 0 aliphatic carbocycles. The summed E-state index contributed by atoms with van der Waals surface area (Å²) in [6.07, 6.45) is 26.8. The van der Waals surface area contributed by atoms with E-state index in [1.54, 1.807) is 0 Å². The fourth-order valence-corrected chi connectivity index (χ4v) is 3.41. The molecule has 0 aromatic heterocycles. The fraction of sp³-hybridized carbons (Fsp3) is 0.800. The zero-order valence-corrected chi connectivity index (χ0v) is 23.6. The van der Waals surface area contributed by atoms with Gasteiger partial charge >= 0.3 is 11.9 Å². The van der Waals surface area contributed by atoms with Crippen molar-refractivity contribution in [2.45, 2.75) is 142 Å². The summed E-state index contributed by atoms with van der Waals surface area (Å²) in [5.74, 6) is -1.87. The summed E-state index contributed by atoms with van der Waals surface area (Å²) in [6, 6.07) is 0. The number of carbonyl (C=O) groups is 2. The molecule has 6 heteroatoms. The Morgan fingerprint density at radius 1 is 0.417 bits per heavy atom. The number of hydrogen-bond acceptors (Lipinski definition) is 4. The Bertz CT molecular complexity index is 446. The third-order valence-corrected chi connectivity index (χ3v) is 5.80. The zero-order valence-electron chi connectivity index (χ0n) is 23.6. The Morgan fingerprint density at radius 3 is 0.611 bits per heavy atom. The quantitative estimate of drug-likeness (QED) is 0.0809. The Balaban J connectivity index is -0.000000742. The number of rotatable bonds is 23. The van der Waals surface area contributed by atoms with Crippen molar-refractivity contribution in [2.24, 2.45) is 0 Å². The minimum absolute atomic E-state index is 0.176. The van der Waals surface area contributed by atoms with Crippen molar-refractivity contribution in [3.8, 4) is 0 Å². The van der Waals surface area contributed by atoms with Crippen molar-refractivity contribution >= 4 is 11.9 Å². The predicted molar refractivity (Wildman–Crippen MR) is 151 cm³/mol. The Morgan fingerprint density at radius 2 is 0.528 bits per heavy atom. The molecule has 0 bridgehead atoms. The normalized spacial score (nSPS) is 10.0. The molecule has 0 unspecified atom stereocenters.